The van der Waals surface area contributed by atoms with Gasteiger partial charge in [0, 0.05) is 0 Å². The van der Waals surface area contributed by atoms with Crippen LogP contribution in [0.2, 0.25) is 0 Å². The molecule has 0 aromatic heterocycles. The Kier molecular flexibility index (Phi) is 59.1. The second kappa shape index (κ2) is 16.0. The van der Waals surface area contributed by atoms with Crippen molar-refractivity contribution >= 4 is 18.6 Å². The van der Waals surface area contributed by atoms with Crippen molar-refractivity contribution in [3.8, 4) is 0 Å². The summed E-state index contributed by atoms with van der Waals surface area (Å²) in [5.41, 5.74) is 0. The first-order valence-electron chi connectivity index (χ1n) is 0.632. The minimum absolute atomic E-state index is 0. The van der Waals surface area contributed by atoms with Crippen molar-refractivity contribution in [3.05, 3.63) is 0 Å². The standard InChI is InChI=1S/CH2O3.ClH.H2N.Na/c2-1(3)4;;;/h(H2,2,3,4);1H;1H2;/q;;;+1/p-1. The van der Waals surface area contributed by atoms with E-state index >= 15 is 0 Å². The van der Waals surface area contributed by atoms with E-state index in [1.165, 1.54) is 0 Å². The summed E-state index contributed by atoms with van der Waals surface area (Å²) in [5, 5.41) is 15.3. The summed E-state index contributed by atoms with van der Waals surface area (Å²) in [7, 11) is 0. The monoisotopic (exact) mass is 136 g/mol. The van der Waals surface area contributed by atoms with Crippen LogP contribution in [0.25, 0.3) is 0 Å². The second-order valence-electron chi connectivity index (χ2n) is 0.266. The van der Waals surface area contributed by atoms with Crippen LogP contribution in [-0.2, 0) is 0 Å². The summed E-state index contributed by atoms with van der Waals surface area (Å²) in [6.07, 6.45) is -2.08. The van der Waals surface area contributed by atoms with Gasteiger partial charge in [-0.1, -0.05) is 0 Å². The SMILES string of the molecule is Cl.O=C([O-])O.[NH2].[Na+]. The van der Waals surface area contributed by atoms with E-state index in [4.69, 9.17) is 15.0 Å². The van der Waals surface area contributed by atoms with E-state index in [1.54, 1.807) is 0 Å². The van der Waals surface area contributed by atoms with E-state index < -0.39 is 6.16 Å². The number of halogens is 1. The molecule has 6 heteroatoms. The molecule has 7 heavy (non-hydrogen) atoms. The molecule has 0 aromatic carbocycles. The van der Waals surface area contributed by atoms with Crippen molar-refractivity contribution in [1.29, 1.82) is 0 Å². The molecule has 1 radical (unpaired) electrons. The molecule has 0 rings (SSSR count). The molecule has 0 spiro atoms. The molecule has 0 aliphatic rings. The van der Waals surface area contributed by atoms with Crippen LogP contribution >= 0.6 is 12.4 Å². The number of carbonyl (C=O) groups is 1. The maximum absolute atomic E-state index is 8.44. The predicted octanol–water partition coefficient (Wildman–Crippen LogP) is -3.74. The molecule has 0 aliphatic carbocycles. The molecule has 0 saturated heterocycles. The Hall–Kier alpha value is 0.520. The second-order valence-corrected chi connectivity index (χ2v) is 0.266. The molecule has 0 unspecified atom stereocenters. The van der Waals surface area contributed by atoms with Crippen molar-refractivity contribution in [1.82, 2.24) is 6.15 Å². The number of nitrogens with two attached hydrogens (primary N) is 1. The maximum atomic E-state index is 8.44. The third kappa shape index (κ3) is 493. The van der Waals surface area contributed by atoms with E-state index in [1.807, 2.05) is 0 Å². The van der Waals surface area contributed by atoms with Gasteiger partial charge >= 0.3 is 29.6 Å². The summed E-state index contributed by atoms with van der Waals surface area (Å²) >= 11 is 0. The zero-order valence-corrected chi connectivity index (χ0v) is 6.57. The summed E-state index contributed by atoms with van der Waals surface area (Å²) in [5.74, 6) is 0. The molecular weight excluding hydrogens is 132 g/mol. The fraction of sp³-hybridized carbons (Fsp3) is 0. The largest absolute Gasteiger partial charge is 1.00 e. The van der Waals surface area contributed by atoms with E-state index in [9.17, 15) is 0 Å². The smallest absolute Gasteiger partial charge is 0.565 e. The van der Waals surface area contributed by atoms with E-state index in [-0.39, 0.29) is 48.1 Å². The Morgan fingerprint density at radius 3 is 1.57 bits per heavy atom. The van der Waals surface area contributed by atoms with Crippen molar-refractivity contribution in [2.45, 2.75) is 0 Å². The van der Waals surface area contributed by atoms with E-state index in [0.717, 1.165) is 0 Å². The Morgan fingerprint density at radius 2 is 1.57 bits per heavy atom. The average molecular weight is 136 g/mol. The fourth-order valence-corrected chi connectivity index (χ4v) is 0. The number of carboxylic acid groups (broad SMARTS) is 2. The van der Waals surface area contributed by atoms with Gasteiger partial charge in [0.15, 0.2) is 0 Å². The Labute approximate surface area is 69.2 Å². The third-order valence-electron chi connectivity index (χ3n) is 0. The topological polar surface area (TPSA) is 93.9 Å². The van der Waals surface area contributed by atoms with Crippen LogP contribution < -0.4 is 40.8 Å². The van der Waals surface area contributed by atoms with Gasteiger partial charge in [-0.15, -0.1) is 12.4 Å². The molecule has 39 valence electrons. The summed E-state index contributed by atoms with van der Waals surface area (Å²) in [6, 6.07) is 0. The van der Waals surface area contributed by atoms with Crippen LogP contribution in [0.1, 0.15) is 0 Å². The quantitative estimate of drug-likeness (QED) is 0.347. The van der Waals surface area contributed by atoms with Crippen molar-refractivity contribution in [2.24, 2.45) is 0 Å². The fourth-order valence-electron chi connectivity index (χ4n) is 0. The van der Waals surface area contributed by atoms with Gasteiger partial charge in [-0.25, -0.2) is 0 Å². The van der Waals surface area contributed by atoms with Gasteiger partial charge in [0.1, 0.15) is 0 Å². The van der Waals surface area contributed by atoms with Crippen LogP contribution in [0.4, 0.5) is 4.79 Å². The predicted molar refractivity (Wildman–Crippen MR) is 19.3 cm³/mol. The zero-order chi connectivity index (χ0) is 3.58. The molecule has 0 heterocycles. The van der Waals surface area contributed by atoms with Gasteiger partial charge in [-0.3, -0.25) is 6.15 Å². The van der Waals surface area contributed by atoms with Crippen LogP contribution in [-0.4, -0.2) is 11.3 Å². The average Bonchev–Trinajstić information content (AvgIpc) is 0.811. The Bertz CT molecular complexity index is 37.9. The molecule has 3 N–H and O–H groups in total. The first-order chi connectivity index (χ1) is 1.73. The van der Waals surface area contributed by atoms with E-state index in [0.29, 0.717) is 0 Å². The normalized spacial score (nSPS) is 3.43. The number of rotatable bonds is 0. The van der Waals surface area contributed by atoms with E-state index in [2.05, 4.69) is 0 Å². The van der Waals surface area contributed by atoms with Gasteiger partial charge in [0.25, 0.3) is 0 Å². The third-order valence-corrected chi connectivity index (χ3v) is 0. The number of hydrogen-bond donors (Lipinski definition) is 1. The van der Waals surface area contributed by atoms with Gasteiger partial charge in [-0.05, 0) is 0 Å². The molecular formula is CH4ClNNaO3. The molecule has 0 saturated carbocycles. The number of hydrogen-bond acceptors (Lipinski definition) is 2. The molecule has 0 aliphatic heterocycles. The van der Waals surface area contributed by atoms with Gasteiger partial charge in [0.05, 0.1) is 0 Å². The van der Waals surface area contributed by atoms with Gasteiger partial charge in [-0.2, -0.15) is 0 Å². The van der Waals surface area contributed by atoms with Crippen LogP contribution in [0, 0.1) is 0 Å². The van der Waals surface area contributed by atoms with Crippen molar-refractivity contribution in [3.63, 3.8) is 0 Å². The zero-order valence-electron chi connectivity index (χ0n) is 3.75. The molecule has 0 aromatic rings. The van der Waals surface area contributed by atoms with Crippen LogP contribution in [0.5, 0.6) is 0 Å². The molecule has 0 amide bonds. The molecule has 0 bridgehead atoms. The molecule has 4 nitrogen and oxygen atoms in total. The molecule has 0 atom stereocenters. The van der Waals surface area contributed by atoms with Gasteiger partial charge in [0.2, 0.25) is 6.16 Å². The Morgan fingerprint density at radius 1 is 1.57 bits per heavy atom. The summed E-state index contributed by atoms with van der Waals surface area (Å²) in [4.78, 5) is 8.44. The van der Waals surface area contributed by atoms with Crippen LogP contribution in [0.15, 0.2) is 0 Å². The van der Waals surface area contributed by atoms with Crippen LogP contribution in [0.3, 0.4) is 0 Å². The summed E-state index contributed by atoms with van der Waals surface area (Å²) in [6.45, 7) is 0. The summed E-state index contributed by atoms with van der Waals surface area (Å²) < 4.78 is 0. The molecule has 0 fully saturated rings. The minimum Gasteiger partial charge on any atom is -0.565 e. The first kappa shape index (κ1) is 25.8. The maximum Gasteiger partial charge on any atom is 1.00 e. The van der Waals surface area contributed by atoms with Crippen molar-refractivity contribution in [2.75, 3.05) is 0 Å². The first-order valence-corrected chi connectivity index (χ1v) is 0.632. The van der Waals surface area contributed by atoms with Gasteiger partial charge < -0.3 is 15.0 Å². The minimum atomic E-state index is -2.08. The Balaban J connectivity index is -0.0000000150. The van der Waals surface area contributed by atoms with Crippen molar-refractivity contribution < 1.29 is 44.6 Å².